The summed E-state index contributed by atoms with van der Waals surface area (Å²) >= 11 is 23.9. The molecule has 0 radical (unpaired) electrons. The average Bonchev–Trinajstić information content (AvgIpc) is 2.60. The van der Waals surface area contributed by atoms with Gasteiger partial charge in [0.05, 0.1) is 34.2 Å². The van der Waals surface area contributed by atoms with E-state index >= 15 is 0 Å². The van der Waals surface area contributed by atoms with Crippen LogP contribution in [0.5, 0.6) is 0 Å². The van der Waals surface area contributed by atoms with E-state index in [1.54, 1.807) is 24.3 Å². The van der Waals surface area contributed by atoms with Gasteiger partial charge in [0.25, 0.3) is 5.91 Å². The molecule has 0 aromatic heterocycles. The number of amides is 1. The van der Waals surface area contributed by atoms with E-state index in [9.17, 15) is 9.59 Å². The molecule has 0 bridgehead atoms. The Labute approximate surface area is 171 Å². The summed E-state index contributed by atoms with van der Waals surface area (Å²) in [7, 11) is 1.31. The molecule has 0 aliphatic heterocycles. The number of rotatable bonds is 6. The van der Waals surface area contributed by atoms with E-state index in [1.165, 1.54) is 19.2 Å². The molecule has 2 aromatic rings. The third-order valence-electron chi connectivity index (χ3n) is 3.74. The molecule has 0 fully saturated rings. The van der Waals surface area contributed by atoms with Crippen LogP contribution in [-0.2, 0) is 9.53 Å². The van der Waals surface area contributed by atoms with E-state index in [2.05, 4.69) is 5.32 Å². The highest BCUT2D eigenvalue weighted by atomic mass is 35.5. The molecule has 26 heavy (non-hydrogen) atoms. The Morgan fingerprint density at radius 1 is 1.00 bits per heavy atom. The SMILES string of the molecule is COC(=O)CC(CNC(=O)c1ccc(Cl)cc1Cl)c1ccc(Cl)c(Cl)c1. The summed E-state index contributed by atoms with van der Waals surface area (Å²) in [5.41, 5.74) is 1.05. The second kappa shape index (κ2) is 9.47. The van der Waals surface area contributed by atoms with Crippen LogP contribution in [0.1, 0.15) is 28.3 Å². The fourth-order valence-corrected chi connectivity index (χ4v) is 3.14. The first-order valence-corrected chi connectivity index (χ1v) is 9.08. The van der Waals surface area contributed by atoms with Crippen molar-refractivity contribution in [2.24, 2.45) is 0 Å². The van der Waals surface area contributed by atoms with Crippen molar-refractivity contribution >= 4 is 58.3 Å². The molecule has 8 heteroatoms. The van der Waals surface area contributed by atoms with Crippen molar-refractivity contribution < 1.29 is 14.3 Å². The fraction of sp³-hybridized carbons (Fsp3) is 0.222. The van der Waals surface area contributed by atoms with Gasteiger partial charge in [0.1, 0.15) is 0 Å². The van der Waals surface area contributed by atoms with Gasteiger partial charge in [-0.15, -0.1) is 0 Å². The van der Waals surface area contributed by atoms with Crippen LogP contribution in [0.2, 0.25) is 20.1 Å². The second-order valence-electron chi connectivity index (χ2n) is 5.48. The maximum absolute atomic E-state index is 12.4. The molecule has 2 aromatic carbocycles. The van der Waals surface area contributed by atoms with Gasteiger partial charge in [0.2, 0.25) is 0 Å². The molecule has 0 heterocycles. The van der Waals surface area contributed by atoms with Gasteiger partial charge in [-0.1, -0.05) is 52.5 Å². The zero-order valence-electron chi connectivity index (χ0n) is 13.7. The van der Waals surface area contributed by atoms with Crippen molar-refractivity contribution in [3.63, 3.8) is 0 Å². The molecular formula is C18H15Cl4NO3. The summed E-state index contributed by atoms with van der Waals surface area (Å²) in [5.74, 6) is -1.12. The summed E-state index contributed by atoms with van der Waals surface area (Å²) in [4.78, 5) is 24.1. The number of hydrogen-bond acceptors (Lipinski definition) is 3. The van der Waals surface area contributed by atoms with Crippen LogP contribution in [0, 0.1) is 0 Å². The Morgan fingerprint density at radius 2 is 1.73 bits per heavy atom. The number of esters is 1. The van der Waals surface area contributed by atoms with Crippen LogP contribution in [0.25, 0.3) is 0 Å². The lowest BCUT2D eigenvalue weighted by atomic mass is 9.95. The summed E-state index contributed by atoms with van der Waals surface area (Å²) < 4.78 is 4.73. The molecule has 0 saturated heterocycles. The first kappa shape index (κ1) is 20.8. The van der Waals surface area contributed by atoms with Gasteiger partial charge < -0.3 is 10.1 Å². The molecule has 0 aliphatic rings. The van der Waals surface area contributed by atoms with Gasteiger partial charge in [-0.2, -0.15) is 0 Å². The number of carbonyl (C=O) groups excluding carboxylic acids is 2. The second-order valence-corrected chi connectivity index (χ2v) is 7.14. The molecule has 0 spiro atoms. The number of hydrogen-bond donors (Lipinski definition) is 1. The minimum atomic E-state index is -0.403. The number of halogens is 4. The third-order valence-corrected chi connectivity index (χ3v) is 5.03. The van der Waals surface area contributed by atoms with Crippen LogP contribution in [-0.4, -0.2) is 25.5 Å². The van der Waals surface area contributed by atoms with E-state index in [-0.39, 0.29) is 29.8 Å². The summed E-state index contributed by atoms with van der Waals surface area (Å²) in [5, 5.41) is 4.23. The highest BCUT2D eigenvalue weighted by molar-refractivity contribution is 6.42. The zero-order chi connectivity index (χ0) is 19.3. The molecule has 1 amide bonds. The van der Waals surface area contributed by atoms with Crippen LogP contribution in [0.4, 0.5) is 0 Å². The number of carbonyl (C=O) groups is 2. The Hall–Kier alpha value is -1.46. The molecule has 138 valence electrons. The normalized spacial score (nSPS) is 11.7. The monoisotopic (exact) mass is 433 g/mol. The van der Waals surface area contributed by atoms with Gasteiger partial charge in [0, 0.05) is 17.5 Å². The van der Waals surface area contributed by atoms with E-state index in [4.69, 9.17) is 51.1 Å². The number of benzene rings is 2. The number of nitrogens with one attached hydrogen (secondary N) is 1. The largest absolute Gasteiger partial charge is 0.469 e. The van der Waals surface area contributed by atoms with Crippen molar-refractivity contribution in [2.75, 3.05) is 13.7 Å². The Balaban J connectivity index is 2.17. The molecule has 1 N–H and O–H groups in total. The van der Waals surface area contributed by atoms with Crippen molar-refractivity contribution in [1.82, 2.24) is 5.32 Å². The van der Waals surface area contributed by atoms with Crippen LogP contribution >= 0.6 is 46.4 Å². The molecule has 2 rings (SSSR count). The molecule has 0 aliphatic carbocycles. The van der Waals surface area contributed by atoms with Gasteiger partial charge in [-0.25, -0.2) is 0 Å². The minimum absolute atomic E-state index is 0.0725. The predicted molar refractivity (Wildman–Crippen MR) is 105 cm³/mol. The molecule has 1 unspecified atom stereocenters. The van der Waals surface area contributed by atoms with Gasteiger partial charge in [-0.05, 0) is 35.9 Å². The van der Waals surface area contributed by atoms with E-state index in [0.29, 0.717) is 20.6 Å². The summed E-state index contributed by atoms with van der Waals surface area (Å²) in [6, 6.07) is 9.66. The number of ether oxygens (including phenoxy) is 1. The Kier molecular flexibility index (Phi) is 7.59. The molecule has 0 saturated carbocycles. The van der Waals surface area contributed by atoms with Crippen molar-refractivity contribution in [2.45, 2.75) is 12.3 Å². The fourth-order valence-electron chi connectivity index (χ4n) is 2.34. The van der Waals surface area contributed by atoms with Gasteiger partial charge in [-0.3, -0.25) is 9.59 Å². The van der Waals surface area contributed by atoms with E-state index in [1.807, 2.05) is 0 Å². The van der Waals surface area contributed by atoms with Crippen LogP contribution in [0.15, 0.2) is 36.4 Å². The smallest absolute Gasteiger partial charge is 0.306 e. The zero-order valence-corrected chi connectivity index (χ0v) is 16.7. The summed E-state index contributed by atoms with van der Waals surface area (Å²) in [6.45, 7) is 0.185. The summed E-state index contributed by atoms with van der Waals surface area (Å²) in [6.07, 6.45) is 0.0725. The average molecular weight is 435 g/mol. The van der Waals surface area contributed by atoms with E-state index < -0.39 is 5.97 Å². The highest BCUT2D eigenvalue weighted by Gasteiger charge is 2.20. The Morgan fingerprint density at radius 3 is 2.35 bits per heavy atom. The predicted octanol–water partition coefficient (Wildman–Crippen LogP) is 5.38. The molecule has 1 atom stereocenters. The third kappa shape index (κ3) is 5.52. The molecular weight excluding hydrogens is 420 g/mol. The minimum Gasteiger partial charge on any atom is -0.469 e. The Bertz CT molecular complexity index is 826. The maximum Gasteiger partial charge on any atom is 0.306 e. The topological polar surface area (TPSA) is 55.4 Å². The lowest BCUT2D eigenvalue weighted by molar-refractivity contribution is -0.141. The van der Waals surface area contributed by atoms with Crippen molar-refractivity contribution in [3.05, 3.63) is 67.6 Å². The highest BCUT2D eigenvalue weighted by Crippen LogP contribution is 2.28. The lowest BCUT2D eigenvalue weighted by Crippen LogP contribution is -2.29. The van der Waals surface area contributed by atoms with Crippen molar-refractivity contribution in [3.8, 4) is 0 Å². The van der Waals surface area contributed by atoms with Crippen molar-refractivity contribution in [1.29, 1.82) is 0 Å². The first-order valence-electron chi connectivity index (χ1n) is 7.56. The first-order chi connectivity index (χ1) is 12.3. The molecule has 4 nitrogen and oxygen atoms in total. The lowest BCUT2D eigenvalue weighted by Gasteiger charge is -2.18. The van der Waals surface area contributed by atoms with Gasteiger partial charge >= 0.3 is 5.97 Å². The van der Waals surface area contributed by atoms with Crippen LogP contribution in [0.3, 0.4) is 0 Å². The van der Waals surface area contributed by atoms with Gasteiger partial charge in [0.15, 0.2) is 0 Å². The maximum atomic E-state index is 12.4. The van der Waals surface area contributed by atoms with Crippen LogP contribution < -0.4 is 5.32 Å². The number of methoxy groups -OCH3 is 1. The quantitative estimate of drug-likeness (QED) is 0.621. The van der Waals surface area contributed by atoms with E-state index in [0.717, 1.165) is 5.56 Å². The standard InChI is InChI=1S/C18H15Cl4NO3/c1-26-17(24)7-11(10-2-5-14(20)16(22)6-10)9-23-18(25)13-4-3-12(19)8-15(13)21/h2-6,8,11H,7,9H2,1H3,(H,23,25).